The fraction of sp³-hybridized carbons (Fsp3) is 0.375. The second kappa shape index (κ2) is 11.7. The van der Waals surface area contributed by atoms with Gasteiger partial charge in [0.05, 0.1) is 25.9 Å². The summed E-state index contributed by atoms with van der Waals surface area (Å²) in [5, 5.41) is 11.6. The number of phenolic OH excluding ortho intramolecular Hbond substituents is 1. The van der Waals surface area contributed by atoms with Crippen LogP contribution < -0.4 is 9.64 Å². The highest BCUT2D eigenvalue weighted by Gasteiger charge is 2.34. The van der Waals surface area contributed by atoms with Gasteiger partial charge in [-0.1, -0.05) is 18.1 Å². The van der Waals surface area contributed by atoms with Crippen LogP contribution in [0.1, 0.15) is 24.8 Å². The minimum Gasteiger partial charge on any atom is -0.508 e. The predicted octanol–water partition coefficient (Wildman–Crippen LogP) is 5.45. The van der Waals surface area contributed by atoms with Crippen molar-refractivity contribution in [1.29, 1.82) is 0 Å². The number of phenols is 1. The summed E-state index contributed by atoms with van der Waals surface area (Å²) in [5.41, 5.74) is 0.439. The molecule has 3 fully saturated rings. The molecule has 4 heterocycles. The van der Waals surface area contributed by atoms with Crippen LogP contribution in [-0.2, 0) is 4.74 Å². The van der Waals surface area contributed by atoms with Gasteiger partial charge >= 0.3 is 6.01 Å². The summed E-state index contributed by atoms with van der Waals surface area (Å²) in [7, 11) is 1.41. The van der Waals surface area contributed by atoms with E-state index in [1.807, 2.05) is 4.90 Å². The number of anilines is 1. The molecule has 0 radical (unpaired) electrons. The van der Waals surface area contributed by atoms with Crippen LogP contribution in [0.25, 0.3) is 32.8 Å². The molecule has 2 unspecified atom stereocenters. The van der Waals surface area contributed by atoms with E-state index < -0.39 is 17.8 Å². The van der Waals surface area contributed by atoms with Gasteiger partial charge in [-0.3, -0.25) is 4.90 Å². The molecular weight excluding hydrogens is 545 g/mol. The number of morpholine rings is 1. The van der Waals surface area contributed by atoms with Crippen LogP contribution in [-0.4, -0.2) is 78.7 Å². The Morgan fingerprint density at radius 3 is 2.62 bits per heavy atom. The SMILES string of the molecule is C#Cc1c(F)ccc2cc(O)cc(-c3ccc4c(N5CCOCC5)nc(OC)nc4c3F)c12.FC1CC2CCCN2C1. The zero-order valence-electron chi connectivity index (χ0n) is 23.2. The number of fused-ring (bicyclic) bond motifs is 3. The molecule has 10 heteroatoms. The first-order chi connectivity index (χ1) is 20.4. The fourth-order valence-corrected chi connectivity index (χ4v) is 6.25. The van der Waals surface area contributed by atoms with Crippen molar-refractivity contribution >= 4 is 27.5 Å². The number of aromatic nitrogens is 2. The van der Waals surface area contributed by atoms with E-state index in [2.05, 4.69) is 20.8 Å². The van der Waals surface area contributed by atoms with Crippen molar-refractivity contribution in [2.24, 2.45) is 0 Å². The maximum atomic E-state index is 16.0. The Balaban J connectivity index is 0.000000296. The number of methoxy groups -OCH3 is 1. The van der Waals surface area contributed by atoms with E-state index in [1.54, 1.807) is 12.1 Å². The summed E-state index contributed by atoms with van der Waals surface area (Å²) in [5.74, 6) is 1.55. The molecule has 7 rings (SSSR count). The van der Waals surface area contributed by atoms with Gasteiger partial charge in [-0.2, -0.15) is 9.97 Å². The van der Waals surface area contributed by atoms with Gasteiger partial charge in [0.2, 0.25) is 0 Å². The number of hydrogen-bond donors (Lipinski definition) is 1. The van der Waals surface area contributed by atoms with Crippen LogP contribution in [0.2, 0.25) is 0 Å². The maximum absolute atomic E-state index is 16.0. The topological polar surface area (TPSA) is 71.0 Å². The Bertz CT molecular complexity index is 1670. The molecule has 0 amide bonds. The van der Waals surface area contributed by atoms with Gasteiger partial charge < -0.3 is 19.5 Å². The summed E-state index contributed by atoms with van der Waals surface area (Å²) in [6.45, 7) is 4.12. The highest BCUT2D eigenvalue weighted by Crippen LogP contribution is 2.40. The molecule has 218 valence electrons. The van der Waals surface area contributed by atoms with Gasteiger partial charge in [-0.25, -0.2) is 13.2 Å². The van der Waals surface area contributed by atoms with Crippen molar-refractivity contribution in [3.63, 3.8) is 0 Å². The predicted molar refractivity (Wildman–Crippen MR) is 156 cm³/mol. The third-order valence-corrected chi connectivity index (χ3v) is 8.20. The van der Waals surface area contributed by atoms with Crippen LogP contribution in [0, 0.1) is 24.0 Å². The smallest absolute Gasteiger partial charge is 0.318 e. The molecule has 4 aromatic rings. The van der Waals surface area contributed by atoms with Crippen molar-refractivity contribution < 1.29 is 27.8 Å². The van der Waals surface area contributed by atoms with E-state index >= 15 is 4.39 Å². The molecule has 3 saturated heterocycles. The Labute approximate surface area is 241 Å². The zero-order chi connectivity index (χ0) is 29.4. The van der Waals surface area contributed by atoms with Crippen molar-refractivity contribution in [2.75, 3.05) is 51.4 Å². The van der Waals surface area contributed by atoms with Crippen LogP contribution in [0.3, 0.4) is 0 Å². The molecular formula is C32H31F3N4O3. The maximum Gasteiger partial charge on any atom is 0.318 e. The molecule has 0 aliphatic carbocycles. The molecule has 3 aliphatic rings. The van der Waals surface area contributed by atoms with Gasteiger partial charge in [-0.05, 0) is 61.0 Å². The van der Waals surface area contributed by atoms with Crippen molar-refractivity contribution in [3.05, 3.63) is 53.6 Å². The summed E-state index contributed by atoms with van der Waals surface area (Å²) in [6, 6.07) is 9.46. The fourth-order valence-electron chi connectivity index (χ4n) is 6.25. The Morgan fingerprint density at radius 2 is 1.88 bits per heavy atom. The van der Waals surface area contributed by atoms with E-state index in [0.717, 1.165) is 13.0 Å². The van der Waals surface area contributed by atoms with Crippen LogP contribution in [0.4, 0.5) is 19.0 Å². The first-order valence-corrected chi connectivity index (χ1v) is 14.0. The van der Waals surface area contributed by atoms with E-state index in [-0.39, 0.29) is 34.0 Å². The first-order valence-electron chi connectivity index (χ1n) is 14.0. The minimum absolute atomic E-state index is 0.00345. The lowest BCUT2D eigenvalue weighted by Gasteiger charge is -2.28. The molecule has 3 aromatic carbocycles. The van der Waals surface area contributed by atoms with Crippen molar-refractivity contribution in [3.8, 4) is 35.2 Å². The lowest BCUT2D eigenvalue weighted by atomic mass is 9.93. The van der Waals surface area contributed by atoms with Crippen LogP contribution in [0.15, 0.2) is 36.4 Å². The number of alkyl halides is 1. The van der Waals surface area contributed by atoms with E-state index in [4.69, 9.17) is 15.9 Å². The molecule has 2 atom stereocenters. The quantitative estimate of drug-likeness (QED) is 0.325. The van der Waals surface area contributed by atoms with Gasteiger partial charge in [0.1, 0.15) is 29.1 Å². The molecule has 42 heavy (non-hydrogen) atoms. The van der Waals surface area contributed by atoms with E-state index in [1.165, 1.54) is 44.2 Å². The second-order valence-corrected chi connectivity index (χ2v) is 10.7. The third-order valence-electron chi connectivity index (χ3n) is 8.20. The second-order valence-electron chi connectivity index (χ2n) is 10.7. The largest absolute Gasteiger partial charge is 0.508 e. The van der Waals surface area contributed by atoms with E-state index in [9.17, 15) is 13.9 Å². The molecule has 3 aliphatic heterocycles. The molecule has 1 aromatic heterocycles. The summed E-state index contributed by atoms with van der Waals surface area (Å²) in [6.07, 6.45) is 8.38. The highest BCUT2D eigenvalue weighted by atomic mass is 19.1. The molecule has 0 saturated carbocycles. The summed E-state index contributed by atoms with van der Waals surface area (Å²) >= 11 is 0. The molecule has 7 nitrogen and oxygen atoms in total. The normalized spacial score (nSPS) is 20.3. The van der Waals surface area contributed by atoms with Crippen molar-refractivity contribution in [1.82, 2.24) is 14.9 Å². The van der Waals surface area contributed by atoms with Crippen LogP contribution in [0.5, 0.6) is 11.8 Å². The van der Waals surface area contributed by atoms with E-state index in [0.29, 0.717) is 60.9 Å². The average Bonchev–Trinajstić information content (AvgIpc) is 3.58. The van der Waals surface area contributed by atoms with Gasteiger partial charge in [0, 0.05) is 42.0 Å². The number of rotatable bonds is 3. The number of ether oxygens (including phenoxy) is 2. The Morgan fingerprint density at radius 1 is 1.07 bits per heavy atom. The summed E-state index contributed by atoms with van der Waals surface area (Å²) < 4.78 is 53.7. The average molecular weight is 577 g/mol. The highest BCUT2D eigenvalue weighted by molar-refractivity contribution is 6.04. The number of aromatic hydroxyl groups is 1. The Kier molecular flexibility index (Phi) is 7.80. The van der Waals surface area contributed by atoms with Crippen molar-refractivity contribution in [2.45, 2.75) is 31.5 Å². The molecule has 1 N–H and O–H groups in total. The Hall–Kier alpha value is -4.07. The lowest BCUT2D eigenvalue weighted by molar-refractivity contribution is 0.122. The van der Waals surface area contributed by atoms with Crippen LogP contribution >= 0.6 is 0 Å². The summed E-state index contributed by atoms with van der Waals surface area (Å²) in [4.78, 5) is 13.0. The monoisotopic (exact) mass is 576 g/mol. The number of halogens is 3. The number of nitrogens with zero attached hydrogens (tertiary/aromatic N) is 4. The number of hydrogen-bond acceptors (Lipinski definition) is 7. The zero-order valence-corrected chi connectivity index (χ0v) is 23.2. The number of benzene rings is 3. The first kappa shape index (κ1) is 28.1. The van der Waals surface area contributed by atoms with Gasteiger partial charge in [0.25, 0.3) is 0 Å². The van der Waals surface area contributed by atoms with Gasteiger partial charge in [-0.15, -0.1) is 6.42 Å². The molecule has 0 bridgehead atoms. The number of terminal acetylenes is 1. The standard InChI is InChI=1S/C25H19F2N3O3.C7H12FN/c1-3-16-20(26)7-4-14-12-15(31)13-19(21(14)16)17-5-6-18-23(22(17)27)28-25(32-2)29-24(18)30-8-10-33-11-9-30;8-6-4-7-2-1-3-9(7)5-6/h1,4-7,12-13,31H,8-11H2,2H3;6-7H,1-5H2. The lowest BCUT2D eigenvalue weighted by Crippen LogP contribution is -2.37. The van der Waals surface area contributed by atoms with Gasteiger partial charge in [0.15, 0.2) is 5.82 Å². The molecule has 0 spiro atoms. The third kappa shape index (κ3) is 5.19. The minimum atomic E-state index is -0.651.